The van der Waals surface area contributed by atoms with Crippen LogP contribution in [0.2, 0.25) is 5.02 Å². The summed E-state index contributed by atoms with van der Waals surface area (Å²) in [6.07, 6.45) is 0. The molecule has 0 aromatic heterocycles. The summed E-state index contributed by atoms with van der Waals surface area (Å²) in [6.45, 7) is 0. The molecule has 0 saturated carbocycles. The lowest BCUT2D eigenvalue weighted by atomic mass is 9.92. The first-order valence-electron chi connectivity index (χ1n) is 10.5. The number of aliphatic hydroxyl groups is 1. The van der Waals surface area contributed by atoms with Crippen molar-refractivity contribution in [3.05, 3.63) is 125 Å². The van der Waals surface area contributed by atoms with E-state index in [1.807, 2.05) is 0 Å². The summed E-state index contributed by atoms with van der Waals surface area (Å²) in [5.41, 5.74) is 0.533. The number of phenolic OH excluding ortho intramolecular Hbond substituents is 1. The van der Waals surface area contributed by atoms with Crippen molar-refractivity contribution in [3.63, 3.8) is 0 Å². The molecule has 8 heteroatoms. The van der Waals surface area contributed by atoms with Gasteiger partial charge in [0, 0.05) is 27.4 Å². The highest BCUT2D eigenvalue weighted by molar-refractivity contribution is 7.92. The Labute approximate surface area is 207 Å². The first-order chi connectivity index (χ1) is 16.8. The molecular formula is C27H20ClNO5S. The number of benzene rings is 4. The summed E-state index contributed by atoms with van der Waals surface area (Å²) < 4.78 is 28.1. The lowest BCUT2D eigenvalue weighted by Crippen LogP contribution is -2.13. The largest absolute Gasteiger partial charge is 0.507 e. The summed E-state index contributed by atoms with van der Waals surface area (Å²) in [7, 11) is -3.98. The Kier molecular flexibility index (Phi) is 6.91. The molecule has 176 valence electrons. The van der Waals surface area contributed by atoms with Gasteiger partial charge in [-0.25, -0.2) is 8.42 Å². The van der Waals surface area contributed by atoms with E-state index in [2.05, 4.69) is 4.72 Å². The topological polar surface area (TPSA) is 104 Å². The van der Waals surface area contributed by atoms with Crippen LogP contribution in [-0.2, 0) is 10.0 Å². The summed E-state index contributed by atoms with van der Waals surface area (Å²) in [5.74, 6) is -1.20. The van der Waals surface area contributed by atoms with Crippen molar-refractivity contribution >= 4 is 44.4 Å². The Bertz CT molecular complexity index is 1500. The van der Waals surface area contributed by atoms with Gasteiger partial charge in [-0.1, -0.05) is 72.3 Å². The lowest BCUT2D eigenvalue weighted by Gasteiger charge is -2.15. The molecule has 0 fully saturated rings. The van der Waals surface area contributed by atoms with Crippen molar-refractivity contribution in [2.24, 2.45) is 0 Å². The number of hydrogen-bond donors (Lipinski definition) is 3. The Morgan fingerprint density at radius 1 is 0.771 bits per heavy atom. The average molecular weight is 506 g/mol. The zero-order valence-electron chi connectivity index (χ0n) is 18.2. The number of aliphatic hydroxyl groups excluding tert-OH is 1. The average Bonchev–Trinajstić information content (AvgIpc) is 2.87. The minimum atomic E-state index is -3.98. The van der Waals surface area contributed by atoms with Crippen molar-refractivity contribution in [2.75, 3.05) is 4.72 Å². The maximum atomic E-state index is 13.5. The van der Waals surface area contributed by atoms with Crippen LogP contribution in [-0.4, -0.2) is 24.4 Å². The second-order valence-corrected chi connectivity index (χ2v) is 9.69. The van der Waals surface area contributed by atoms with Gasteiger partial charge in [0.25, 0.3) is 10.0 Å². The molecule has 0 unspecified atom stereocenters. The molecule has 0 aliphatic heterocycles. The number of aromatic hydroxyl groups is 1. The number of rotatable bonds is 7. The highest BCUT2D eigenvalue weighted by atomic mass is 35.5. The number of Topliss-reactive ketones (excluding diaryl/α,β-unsaturated/α-hetero) is 1. The molecular weight excluding hydrogens is 486 g/mol. The van der Waals surface area contributed by atoms with Gasteiger partial charge in [0.05, 0.1) is 10.5 Å². The van der Waals surface area contributed by atoms with E-state index in [4.69, 9.17) is 11.6 Å². The van der Waals surface area contributed by atoms with E-state index in [1.165, 1.54) is 42.5 Å². The Balaban J connectivity index is 1.83. The second-order valence-electron chi connectivity index (χ2n) is 7.58. The first-order valence-corrected chi connectivity index (χ1v) is 12.3. The van der Waals surface area contributed by atoms with Crippen molar-refractivity contribution < 1.29 is 23.4 Å². The molecule has 0 heterocycles. The molecule has 4 rings (SSSR count). The van der Waals surface area contributed by atoms with Gasteiger partial charge in [-0.15, -0.1) is 0 Å². The third-order valence-corrected chi connectivity index (χ3v) is 6.84. The van der Waals surface area contributed by atoms with Gasteiger partial charge in [0.15, 0.2) is 5.78 Å². The minimum absolute atomic E-state index is 0.0141. The Hall–Kier alpha value is -4.07. The molecule has 0 saturated heterocycles. The second kappa shape index (κ2) is 10.0. The quantitative estimate of drug-likeness (QED) is 0.0917. The highest BCUT2D eigenvalue weighted by Crippen LogP contribution is 2.35. The molecule has 4 aromatic carbocycles. The SMILES string of the molecule is O=C(/C(=C(/O)c1ccccc1)c1cc(NS(=O)(=O)c2ccc(Cl)cc2)ccc1O)c1ccccc1. The van der Waals surface area contributed by atoms with Crippen molar-refractivity contribution in [2.45, 2.75) is 4.90 Å². The van der Waals surface area contributed by atoms with E-state index in [1.54, 1.807) is 60.7 Å². The van der Waals surface area contributed by atoms with Crippen LogP contribution in [0.5, 0.6) is 5.75 Å². The number of carbonyl (C=O) groups excluding carboxylic acids is 1. The van der Waals surface area contributed by atoms with E-state index in [9.17, 15) is 23.4 Å². The molecule has 3 N–H and O–H groups in total. The molecule has 35 heavy (non-hydrogen) atoms. The fourth-order valence-corrected chi connectivity index (χ4v) is 4.63. The number of nitrogens with one attached hydrogen (secondary N) is 1. The number of halogens is 1. The number of sulfonamides is 1. The molecule has 0 amide bonds. The van der Waals surface area contributed by atoms with Crippen LogP contribution < -0.4 is 4.72 Å². The number of hydrogen-bond acceptors (Lipinski definition) is 5. The normalized spacial score (nSPS) is 12.0. The third-order valence-electron chi connectivity index (χ3n) is 5.19. The van der Waals surface area contributed by atoms with E-state index >= 15 is 0 Å². The number of phenols is 1. The van der Waals surface area contributed by atoms with E-state index < -0.39 is 15.8 Å². The van der Waals surface area contributed by atoms with Crippen molar-refractivity contribution in [3.8, 4) is 5.75 Å². The zero-order valence-corrected chi connectivity index (χ0v) is 19.8. The molecule has 0 atom stereocenters. The maximum Gasteiger partial charge on any atom is 0.261 e. The van der Waals surface area contributed by atoms with Gasteiger partial charge in [-0.05, 0) is 42.5 Å². The van der Waals surface area contributed by atoms with Gasteiger partial charge in [-0.2, -0.15) is 0 Å². The summed E-state index contributed by atoms with van der Waals surface area (Å²) >= 11 is 5.85. The summed E-state index contributed by atoms with van der Waals surface area (Å²) in [6, 6.07) is 26.2. The van der Waals surface area contributed by atoms with Crippen LogP contribution in [0.15, 0.2) is 108 Å². The highest BCUT2D eigenvalue weighted by Gasteiger charge is 2.24. The molecule has 0 radical (unpaired) electrons. The van der Waals surface area contributed by atoms with E-state index in [0.717, 1.165) is 0 Å². The Morgan fingerprint density at radius 3 is 1.94 bits per heavy atom. The fraction of sp³-hybridized carbons (Fsp3) is 0. The van der Waals surface area contributed by atoms with Crippen molar-refractivity contribution in [1.82, 2.24) is 0 Å². The molecule has 0 aliphatic rings. The lowest BCUT2D eigenvalue weighted by molar-refractivity contribution is 0.105. The summed E-state index contributed by atoms with van der Waals surface area (Å²) in [4.78, 5) is 13.5. The van der Waals surface area contributed by atoms with Crippen LogP contribution in [0.1, 0.15) is 21.5 Å². The molecule has 0 spiro atoms. The minimum Gasteiger partial charge on any atom is -0.507 e. The van der Waals surface area contributed by atoms with Gasteiger partial charge in [0.2, 0.25) is 0 Å². The van der Waals surface area contributed by atoms with E-state index in [0.29, 0.717) is 10.6 Å². The number of ketones is 1. The Morgan fingerprint density at radius 2 is 1.34 bits per heavy atom. The van der Waals surface area contributed by atoms with Gasteiger partial charge < -0.3 is 10.2 Å². The molecule has 0 bridgehead atoms. The van der Waals surface area contributed by atoms with Crippen LogP contribution in [0.3, 0.4) is 0 Å². The predicted octanol–water partition coefficient (Wildman–Crippen LogP) is 6.16. The fourth-order valence-electron chi connectivity index (χ4n) is 3.46. The molecule has 4 aromatic rings. The van der Waals surface area contributed by atoms with Gasteiger partial charge in [-0.3, -0.25) is 9.52 Å². The molecule has 6 nitrogen and oxygen atoms in total. The van der Waals surface area contributed by atoms with Gasteiger partial charge in [0.1, 0.15) is 11.5 Å². The van der Waals surface area contributed by atoms with Crippen LogP contribution >= 0.6 is 11.6 Å². The molecule has 0 aliphatic carbocycles. The van der Waals surface area contributed by atoms with Crippen LogP contribution in [0.4, 0.5) is 5.69 Å². The monoisotopic (exact) mass is 505 g/mol. The number of allylic oxidation sites excluding steroid dienone is 1. The number of carbonyl (C=O) groups is 1. The third kappa shape index (κ3) is 5.37. The van der Waals surface area contributed by atoms with E-state index in [-0.39, 0.29) is 38.8 Å². The first kappa shape index (κ1) is 24.1. The smallest absolute Gasteiger partial charge is 0.261 e. The summed E-state index contributed by atoms with van der Waals surface area (Å²) in [5, 5.41) is 22.2. The van der Waals surface area contributed by atoms with Gasteiger partial charge >= 0.3 is 0 Å². The van der Waals surface area contributed by atoms with Crippen LogP contribution in [0.25, 0.3) is 11.3 Å². The maximum absolute atomic E-state index is 13.5. The number of anilines is 1. The predicted molar refractivity (Wildman–Crippen MR) is 137 cm³/mol. The zero-order chi connectivity index (χ0) is 25.0. The standard InChI is InChI=1S/C27H20ClNO5S/c28-20-11-14-22(15-12-20)35(33,34)29-21-13-16-24(30)23(17-21)25(26(31)18-7-3-1-4-8-18)27(32)19-9-5-2-6-10-19/h1-17,29-31H/b26-25+. The van der Waals surface area contributed by atoms with Crippen molar-refractivity contribution in [1.29, 1.82) is 0 Å². The van der Waals surface area contributed by atoms with Crippen LogP contribution in [0, 0.1) is 0 Å².